The number of halogens is 1. The van der Waals surface area contributed by atoms with Crippen LogP contribution in [0.4, 0.5) is 5.69 Å². The van der Waals surface area contributed by atoms with E-state index in [1.54, 1.807) is 0 Å². The molecule has 0 unspecified atom stereocenters. The third-order valence-electron chi connectivity index (χ3n) is 3.60. The van der Waals surface area contributed by atoms with Crippen molar-refractivity contribution < 1.29 is 0 Å². The maximum Gasteiger partial charge on any atom is 0.0648 e. The average molecular weight is 267 g/mol. The fraction of sp³-hybridized carbons (Fsp3) is 0.667. The molecule has 1 aliphatic carbocycles. The van der Waals surface area contributed by atoms with Gasteiger partial charge in [0.2, 0.25) is 0 Å². The molecule has 2 nitrogen and oxygen atoms in total. The van der Waals surface area contributed by atoms with Crippen molar-refractivity contribution in [1.82, 2.24) is 4.98 Å². The van der Waals surface area contributed by atoms with E-state index in [9.17, 15) is 0 Å². The highest BCUT2D eigenvalue weighted by Crippen LogP contribution is 2.29. The van der Waals surface area contributed by atoms with Crippen LogP contribution >= 0.6 is 11.6 Å². The van der Waals surface area contributed by atoms with Gasteiger partial charge in [0.05, 0.1) is 11.6 Å². The molecular formula is C15H23ClN2. The summed E-state index contributed by atoms with van der Waals surface area (Å²) < 4.78 is 0. The van der Waals surface area contributed by atoms with E-state index in [-0.39, 0.29) is 0 Å². The summed E-state index contributed by atoms with van der Waals surface area (Å²) in [5, 5.41) is 0. The van der Waals surface area contributed by atoms with Crippen molar-refractivity contribution in [3.63, 3.8) is 0 Å². The van der Waals surface area contributed by atoms with Gasteiger partial charge in [-0.3, -0.25) is 4.98 Å². The summed E-state index contributed by atoms with van der Waals surface area (Å²) in [6.45, 7) is 5.69. The quantitative estimate of drug-likeness (QED) is 0.742. The molecule has 0 N–H and O–H groups in total. The number of anilines is 1. The van der Waals surface area contributed by atoms with Crippen LogP contribution in [0, 0.1) is 5.92 Å². The van der Waals surface area contributed by atoms with Crippen molar-refractivity contribution in [3.05, 3.63) is 24.0 Å². The standard InChI is InChI=1S/C15H23ClN2/c1-12(2)11-18(14-5-3-4-6-14)15-7-8-17-13(9-15)10-16/h7-9,12,14H,3-6,10-11H2,1-2H3. The van der Waals surface area contributed by atoms with Gasteiger partial charge < -0.3 is 4.90 Å². The summed E-state index contributed by atoms with van der Waals surface area (Å²) in [4.78, 5) is 6.85. The Balaban J connectivity index is 2.20. The Morgan fingerprint density at radius 2 is 2.11 bits per heavy atom. The molecule has 100 valence electrons. The number of rotatable bonds is 5. The number of hydrogen-bond donors (Lipinski definition) is 0. The number of pyridine rings is 1. The molecule has 18 heavy (non-hydrogen) atoms. The Morgan fingerprint density at radius 1 is 1.39 bits per heavy atom. The second kappa shape index (κ2) is 6.42. The van der Waals surface area contributed by atoms with E-state index < -0.39 is 0 Å². The minimum Gasteiger partial charge on any atom is -0.368 e. The van der Waals surface area contributed by atoms with Crippen molar-refractivity contribution in [1.29, 1.82) is 0 Å². The van der Waals surface area contributed by atoms with Crippen LogP contribution in [-0.2, 0) is 5.88 Å². The zero-order valence-corrected chi connectivity index (χ0v) is 12.2. The Kier molecular flexibility index (Phi) is 4.87. The first-order chi connectivity index (χ1) is 8.70. The zero-order chi connectivity index (χ0) is 13.0. The van der Waals surface area contributed by atoms with E-state index >= 15 is 0 Å². The number of aromatic nitrogens is 1. The third kappa shape index (κ3) is 3.38. The van der Waals surface area contributed by atoms with Gasteiger partial charge >= 0.3 is 0 Å². The maximum absolute atomic E-state index is 5.89. The smallest absolute Gasteiger partial charge is 0.0648 e. The molecule has 1 aliphatic rings. The summed E-state index contributed by atoms with van der Waals surface area (Å²) in [6.07, 6.45) is 7.27. The Morgan fingerprint density at radius 3 is 2.72 bits per heavy atom. The van der Waals surface area contributed by atoms with Gasteiger partial charge in [-0.05, 0) is 30.9 Å². The van der Waals surface area contributed by atoms with E-state index in [0.717, 1.165) is 12.2 Å². The van der Waals surface area contributed by atoms with Crippen LogP contribution in [0.15, 0.2) is 18.3 Å². The van der Waals surface area contributed by atoms with Crippen LogP contribution in [-0.4, -0.2) is 17.6 Å². The van der Waals surface area contributed by atoms with E-state index in [0.29, 0.717) is 17.8 Å². The normalized spacial score (nSPS) is 16.4. The first kappa shape index (κ1) is 13.7. The summed E-state index contributed by atoms with van der Waals surface area (Å²) in [6, 6.07) is 4.97. The third-order valence-corrected chi connectivity index (χ3v) is 3.87. The van der Waals surface area contributed by atoms with Gasteiger partial charge in [0.15, 0.2) is 0 Å². The Bertz CT molecular complexity index is 373. The molecule has 1 aromatic rings. The second-order valence-electron chi connectivity index (χ2n) is 5.62. The lowest BCUT2D eigenvalue weighted by Crippen LogP contribution is -2.36. The Hall–Kier alpha value is -0.760. The lowest BCUT2D eigenvalue weighted by atomic mass is 10.1. The van der Waals surface area contributed by atoms with Crippen LogP contribution in [0.1, 0.15) is 45.2 Å². The summed E-state index contributed by atoms with van der Waals surface area (Å²) in [5.41, 5.74) is 2.27. The molecule has 0 spiro atoms. The lowest BCUT2D eigenvalue weighted by Gasteiger charge is -2.33. The second-order valence-corrected chi connectivity index (χ2v) is 5.89. The van der Waals surface area contributed by atoms with Crippen molar-refractivity contribution in [2.45, 2.75) is 51.5 Å². The van der Waals surface area contributed by atoms with Gasteiger partial charge in [-0.1, -0.05) is 26.7 Å². The van der Waals surface area contributed by atoms with Crippen LogP contribution in [0.25, 0.3) is 0 Å². The topological polar surface area (TPSA) is 16.1 Å². The van der Waals surface area contributed by atoms with E-state index in [2.05, 4.69) is 35.9 Å². The minimum atomic E-state index is 0.494. The van der Waals surface area contributed by atoms with Gasteiger partial charge in [-0.25, -0.2) is 0 Å². The van der Waals surface area contributed by atoms with Crippen molar-refractivity contribution >= 4 is 17.3 Å². The first-order valence-electron chi connectivity index (χ1n) is 6.98. The number of nitrogens with zero attached hydrogens (tertiary/aromatic N) is 2. The molecule has 0 aromatic carbocycles. The number of alkyl halides is 1. The molecule has 0 amide bonds. The maximum atomic E-state index is 5.89. The predicted molar refractivity (Wildman–Crippen MR) is 78.2 cm³/mol. The SMILES string of the molecule is CC(C)CN(c1ccnc(CCl)c1)C1CCCC1. The highest BCUT2D eigenvalue weighted by atomic mass is 35.5. The van der Waals surface area contributed by atoms with Crippen molar-refractivity contribution in [3.8, 4) is 0 Å². The lowest BCUT2D eigenvalue weighted by molar-refractivity contribution is 0.535. The van der Waals surface area contributed by atoms with Crippen LogP contribution in [0.3, 0.4) is 0 Å². The van der Waals surface area contributed by atoms with E-state index in [1.165, 1.54) is 31.4 Å². The van der Waals surface area contributed by atoms with Crippen molar-refractivity contribution in [2.75, 3.05) is 11.4 Å². The molecule has 1 fully saturated rings. The van der Waals surface area contributed by atoms with Crippen LogP contribution in [0.2, 0.25) is 0 Å². The molecule has 0 radical (unpaired) electrons. The van der Waals surface area contributed by atoms with Gasteiger partial charge in [0.25, 0.3) is 0 Å². The summed E-state index contributed by atoms with van der Waals surface area (Å²) in [5.74, 6) is 1.17. The first-order valence-corrected chi connectivity index (χ1v) is 7.51. The van der Waals surface area contributed by atoms with Gasteiger partial charge in [0, 0.05) is 24.5 Å². The number of hydrogen-bond acceptors (Lipinski definition) is 2. The molecule has 2 rings (SSSR count). The van der Waals surface area contributed by atoms with Gasteiger partial charge in [-0.2, -0.15) is 0 Å². The molecule has 0 saturated heterocycles. The highest BCUT2D eigenvalue weighted by Gasteiger charge is 2.23. The zero-order valence-electron chi connectivity index (χ0n) is 11.4. The molecule has 0 bridgehead atoms. The predicted octanol–water partition coefficient (Wildman–Crippen LogP) is 4.23. The fourth-order valence-electron chi connectivity index (χ4n) is 2.79. The fourth-order valence-corrected chi connectivity index (χ4v) is 2.94. The van der Waals surface area contributed by atoms with Crippen LogP contribution < -0.4 is 4.90 Å². The minimum absolute atomic E-state index is 0.494. The molecule has 1 saturated carbocycles. The van der Waals surface area contributed by atoms with E-state index in [4.69, 9.17) is 11.6 Å². The van der Waals surface area contributed by atoms with Crippen LogP contribution in [0.5, 0.6) is 0 Å². The monoisotopic (exact) mass is 266 g/mol. The van der Waals surface area contributed by atoms with Gasteiger partial charge in [-0.15, -0.1) is 11.6 Å². The van der Waals surface area contributed by atoms with E-state index in [1.807, 2.05) is 6.20 Å². The molecule has 1 heterocycles. The molecular weight excluding hydrogens is 244 g/mol. The Labute approximate surface area is 115 Å². The van der Waals surface area contributed by atoms with Crippen molar-refractivity contribution in [2.24, 2.45) is 5.92 Å². The summed E-state index contributed by atoms with van der Waals surface area (Å²) >= 11 is 5.89. The molecule has 0 atom stereocenters. The highest BCUT2D eigenvalue weighted by molar-refractivity contribution is 6.16. The average Bonchev–Trinajstić information content (AvgIpc) is 2.89. The molecule has 1 aromatic heterocycles. The molecule has 3 heteroatoms. The molecule has 0 aliphatic heterocycles. The van der Waals surface area contributed by atoms with Gasteiger partial charge in [0.1, 0.15) is 0 Å². The largest absolute Gasteiger partial charge is 0.368 e. The summed E-state index contributed by atoms with van der Waals surface area (Å²) in [7, 11) is 0.